The van der Waals surface area contributed by atoms with Crippen molar-refractivity contribution in [1.29, 1.82) is 0 Å². The van der Waals surface area contributed by atoms with Gasteiger partial charge in [-0.1, -0.05) is 24.7 Å². The van der Waals surface area contributed by atoms with E-state index in [1.807, 2.05) is 6.92 Å². The van der Waals surface area contributed by atoms with Crippen LogP contribution in [0.1, 0.15) is 37.6 Å². The highest BCUT2D eigenvalue weighted by Crippen LogP contribution is 2.35. The molecule has 9 heteroatoms. The van der Waals surface area contributed by atoms with Gasteiger partial charge in [0.2, 0.25) is 0 Å². The van der Waals surface area contributed by atoms with Gasteiger partial charge in [0.15, 0.2) is 0 Å². The van der Waals surface area contributed by atoms with Crippen LogP contribution < -0.4 is 10.6 Å². The molecule has 0 fully saturated rings. The van der Waals surface area contributed by atoms with Crippen LogP contribution in [-0.4, -0.2) is 23.5 Å². The minimum Gasteiger partial charge on any atom is -0.462 e. The van der Waals surface area contributed by atoms with Gasteiger partial charge in [0, 0.05) is 16.6 Å². The molecule has 0 aliphatic carbocycles. The Hall–Kier alpha value is -2.42. The lowest BCUT2D eigenvalue weighted by Gasteiger charge is -2.26. The molecule has 0 bridgehead atoms. The number of allylic oxidation sites excluding steroid dienone is 1. The van der Waals surface area contributed by atoms with Crippen molar-refractivity contribution in [2.24, 2.45) is 0 Å². The summed E-state index contributed by atoms with van der Waals surface area (Å²) < 4.78 is 5.22. The average Bonchev–Trinajstić information content (AvgIpc) is 2.96. The van der Waals surface area contributed by atoms with Gasteiger partial charge >= 0.3 is 17.0 Å². The Morgan fingerprint density at radius 2 is 2.22 bits per heavy atom. The molecule has 0 saturated carbocycles. The molecular weight excluding hydrogens is 322 g/mol. The van der Waals surface area contributed by atoms with Gasteiger partial charge in [-0.3, -0.25) is 10.1 Å². The SMILES string of the molecule is CCCCOC(=O)C1=C(C)NC(=O)N[C@@H]1c1ccc([N+](=O)[O-])s1. The lowest BCUT2D eigenvalue weighted by molar-refractivity contribution is -0.380. The minimum atomic E-state index is -0.753. The number of ether oxygens (including phenoxy) is 1. The number of carbonyl (C=O) groups excluding carboxylic acids is 2. The first-order valence-electron chi connectivity index (χ1n) is 7.13. The van der Waals surface area contributed by atoms with Crippen LogP contribution in [0.5, 0.6) is 0 Å². The van der Waals surface area contributed by atoms with Gasteiger partial charge in [0.25, 0.3) is 0 Å². The Morgan fingerprint density at radius 3 is 2.83 bits per heavy atom. The molecule has 0 spiro atoms. The van der Waals surface area contributed by atoms with E-state index in [2.05, 4.69) is 10.6 Å². The van der Waals surface area contributed by atoms with Crippen molar-refractivity contribution in [1.82, 2.24) is 10.6 Å². The van der Waals surface area contributed by atoms with Crippen LogP contribution in [0.3, 0.4) is 0 Å². The lowest BCUT2D eigenvalue weighted by Crippen LogP contribution is -2.45. The molecule has 2 rings (SSSR count). The molecule has 124 valence electrons. The second-order valence-corrected chi connectivity index (χ2v) is 6.09. The molecule has 1 aromatic heterocycles. The number of hydrogen-bond donors (Lipinski definition) is 2. The molecule has 2 N–H and O–H groups in total. The highest BCUT2D eigenvalue weighted by molar-refractivity contribution is 7.15. The zero-order valence-corrected chi connectivity index (χ0v) is 13.6. The Labute approximate surface area is 136 Å². The molecule has 0 saturated heterocycles. The standard InChI is InChI=1S/C14H17N3O5S/c1-3-4-7-22-13(18)11-8(2)15-14(19)16-12(11)9-5-6-10(23-9)17(20)21/h5-6,12H,3-4,7H2,1-2H3,(H2,15,16,19)/t12-/m1/s1. The summed E-state index contributed by atoms with van der Waals surface area (Å²) in [5.74, 6) is -0.537. The highest BCUT2D eigenvalue weighted by atomic mass is 32.1. The number of unbranched alkanes of at least 4 members (excludes halogenated alkanes) is 1. The van der Waals surface area contributed by atoms with Crippen molar-refractivity contribution in [2.75, 3.05) is 6.61 Å². The highest BCUT2D eigenvalue weighted by Gasteiger charge is 2.33. The second-order valence-electron chi connectivity index (χ2n) is 4.99. The summed E-state index contributed by atoms with van der Waals surface area (Å²) in [5, 5.41) is 15.9. The molecule has 1 atom stereocenters. The fourth-order valence-corrected chi connectivity index (χ4v) is 3.04. The number of rotatable bonds is 6. The zero-order valence-electron chi connectivity index (χ0n) is 12.8. The van der Waals surface area contributed by atoms with Gasteiger partial charge < -0.3 is 15.4 Å². The normalized spacial score (nSPS) is 17.5. The summed E-state index contributed by atoms with van der Waals surface area (Å²) in [6.45, 7) is 3.87. The third kappa shape index (κ3) is 3.86. The molecular formula is C14H17N3O5S. The number of nitro groups is 1. The Morgan fingerprint density at radius 1 is 1.48 bits per heavy atom. The molecule has 0 aromatic carbocycles. The molecule has 1 aromatic rings. The Bertz CT molecular complexity index is 667. The molecule has 1 aliphatic heterocycles. The van der Waals surface area contributed by atoms with Crippen LogP contribution >= 0.6 is 11.3 Å². The topological polar surface area (TPSA) is 111 Å². The van der Waals surface area contributed by atoms with Gasteiger partial charge in [0.05, 0.1) is 23.1 Å². The predicted molar refractivity (Wildman–Crippen MR) is 83.9 cm³/mol. The molecule has 2 amide bonds. The van der Waals surface area contributed by atoms with E-state index in [0.717, 1.165) is 24.2 Å². The van der Waals surface area contributed by atoms with Crippen molar-refractivity contribution in [3.63, 3.8) is 0 Å². The van der Waals surface area contributed by atoms with Crippen LogP contribution in [0.25, 0.3) is 0 Å². The molecule has 8 nitrogen and oxygen atoms in total. The van der Waals surface area contributed by atoms with E-state index in [1.54, 1.807) is 6.92 Å². The van der Waals surface area contributed by atoms with E-state index < -0.39 is 23.0 Å². The van der Waals surface area contributed by atoms with E-state index in [-0.39, 0.29) is 17.2 Å². The van der Waals surface area contributed by atoms with Gasteiger partial charge in [-0.25, -0.2) is 9.59 Å². The van der Waals surface area contributed by atoms with Crippen LogP contribution in [0, 0.1) is 10.1 Å². The van der Waals surface area contributed by atoms with Gasteiger partial charge in [0.1, 0.15) is 0 Å². The number of carbonyl (C=O) groups is 2. The number of nitrogens with zero attached hydrogens (tertiary/aromatic N) is 1. The van der Waals surface area contributed by atoms with E-state index in [1.165, 1.54) is 12.1 Å². The average molecular weight is 339 g/mol. The molecule has 0 radical (unpaired) electrons. The first-order chi connectivity index (χ1) is 10.9. The summed E-state index contributed by atoms with van der Waals surface area (Å²) in [6, 6.07) is 1.67. The minimum absolute atomic E-state index is 0.0517. The van der Waals surface area contributed by atoms with Gasteiger partial charge in [-0.2, -0.15) is 0 Å². The molecule has 23 heavy (non-hydrogen) atoms. The quantitative estimate of drug-likeness (QED) is 0.358. The van der Waals surface area contributed by atoms with Crippen molar-refractivity contribution >= 4 is 28.3 Å². The summed E-state index contributed by atoms with van der Waals surface area (Å²) in [7, 11) is 0. The fraction of sp³-hybridized carbons (Fsp3) is 0.429. The van der Waals surface area contributed by atoms with Crippen LogP contribution in [-0.2, 0) is 9.53 Å². The largest absolute Gasteiger partial charge is 0.462 e. The first-order valence-corrected chi connectivity index (χ1v) is 7.95. The number of hydrogen-bond acceptors (Lipinski definition) is 6. The third-order valence-electron chi connectivity index (χ3n) is 3.30. The van der Waals surface area contributed by atoms with E-state index in [0.29, 0.717) is 10.6 Å². The zero-order chi connectivity index (χ0) is 17.0. The lowest BCUT2D eigenvalue weighted by atomic mass is 10.0. The Kier molecular flexibility index (Phi) is 5.32. The summed E-state index contributed by atoms with van der Waals surface area (Å²) in [5.41, 5.74) is 0.647. The monoisotopic (exact) mass is 339 g/mol. The first kappa shape index (κ1) is 16.9. The Balaban J connectivity index is 2.29. The van der Waals surface area contributed by atoms with Crippen molar-refractivity contribution in [3.8, 4) is 0 Å². The number of nitrogens with one attached hydrogen (secondary N) is 2. The smallest absolute Gasteiger partial charge is 0.338 e. The van der Waals surface area contributed by atoms with Crippen LogP contribution in [0.4, 0.5) is 9.80 Å². The third-order valence-corrected chi connectivity index (χ3v) is 4.40. The summed E-state index contributed by atoms with van der Waals surface area (Å²) in [4.78, 5) is 34.8. The van der Waals surface area contributed by atoms with Crippen LogP contribution in [0.2, 0.25) is 0 Å². The van der Waals surface area contributed by atoms with Crippen molar-refractivity contribution < 1.29 is 19.2 Å². The van der Waals surface area contributed by atoms with E-state index >= 15 is 0 Å². The van der Waals surface area contributed by atoms with Gasteiger partial charge in [-0.15, -0.1) is 0 Å². The molecule has 2 heterocycles. The maximum atomic E-state index is 12.3. The second kappa shape index (κ2) is 7.23. The van der Waals surface area contributed by atoms with Gasteiger partial charge in [-0.05, 0) is 19.4 Å². The summed E-state index contributed by atoms with van der Waals surface area (Å²) in [6.07, 6.45) is 1.63. The summed E-state index contributed by atoms with van der Waals surface area (Å²) >= 11 is 0.918. The fourth-order valence-electron chi connectivity index (χ4n) is 2.16. The van der Waals surface area contributed by atoms with Crippen LogP contribution in [0.15, 0.2) is 23.4 Å². The van der Waals surface area contributed by atoms with Crippen molar-refractivity contribution in [2.45, 2.75) is 32.7 Å². The maximum absolute atomic E-state index is 12.3. The molecule has 0 unspecified atom stereocenters. The van der Waals surface area contributed by atoms with Crippen molar-refractivity contribution in [3.05, 3.63) is 38.4 Å². The number of esters is 1. The maximum Gasteiger partial charge on any atom is 0.338 e. The number of urea groups is 1. The number of amides is 2. The van der Waals surface area contributed by atoms with E-state index in [4.69, 9.17) is 4.74 Å². The number of thiophene rings is 1. The predicted octanol–water partition coefficient (Wildman–Crippen LogP) is 2.63. The van der Waals surface area contributed by atoms with E-state index in [9.17, 15) is 19.7 Å². The molecule has 1 aliphatic rings.